The molecule has 0 saturated carbocycles. The van der Waals surface area contributed by atoms with E-state index >= 15 is 0 Å². The summed E-state index contributed by atoms with van der Waals surface area (Å²) >= 11 is 0. The van der Waals surface area contributed by atoms with Crippen LogP contribution in [-0.2, 0) is 0 Å². The third-order valence-corrected chi connectivity index (χ3v) is 5.10. The van der Waals surface area contributed by atoms with E-state index in [2.05, 4.69) is 29.2 Å². The highest BCUT2D eigenvalue weighted by molar-refractivity contribution is 5.93. The highest BCUT2D eigenvalue weighted by atomic mass is 16.5. The van der Waals surface area contributed by atoms with E-state index in [9.17, 15) is 4.79 Å². The van der Waals surface area contributed by atoms with E-state index in [0.717, 1.165) is 11.3 Å². The largest absolute Gasteiger partial charge is 0.493 e. The van der Waals surface area contributed by atoms with Gasteiger partial charge in [-0.05, 0) is 38.1 Å². The van der Waals surface area contributed by atoms with E-state index in [4.69, 9.17) is 9.47 Å². The van der Waals surface area contributed by atoms with E-state index in [1.54, 1.807) is 31.0 Å². The zero-order valence-corrected chi connectivity index (χ0v) is 17.0. The Balaban J connectivity index is 1.72. The first-order chi connectivity index (χ1) is 14.0. The number of nitrogens with one attached hydrogen (secondary N) is 1. The molecule has 0 aliphatic carbocycles. The number of benzene rings is 1. The van der Waals surface area contributed by atoms with Crippen LogP contribution in [0.15, 0.2) is 36.5 Å². The van der Waals surface area contributed by atoms with Crippen molar-refractivity contribution in [3.8, 4) is 22.8 Å². The lowest BCUT2D eigenvalue weighted by Crippen LogP contribution is -2.55. The molecule has 1 saturated heterocycles. The predicted octanol–water partition coefficient (Wildman–Crippen LogP) is 2.24. The molecule has 1 aliphatic rings. The first-order valence-corrected chi connectivity index (χ1v) is 9.62. The molecule has 8 heteroatoms. The highest BCUT2D eigenvalue weighted by Crippen LogP contribution is 2.32. The first kappa shape index (κ1) is 19.2. The summed E-state index contributed by atoms with van der Waals surface area (Å²) in [7, 11) is 3.20. The van der Waals surface area contributed by atoms with Crippen LogP contribution < -0.4 is 14.8 Å². The van der Waals surface area contributed by atoms with Crippen molar-refractivity contribution < 1.29 is 14.3 Å². The number of fused-ring (bicyclic) bond motifs is 1. The molecule has 29 heavy (non-hydrogen) atoms. The van der Waals surface area contributed by atoms with Gasteiger partial charge in [-0.25, -0.2) is 9.50 Å². The molecule has 1 fully saturated rings. The molecule has 2 aromatic heterocycles. The Morgan fingerprint density at radius 2 is 1.79 bits per heavy atom. The zero-order chi connectivity index (χ0) is 20.5. The monoisotopic (exact) mass is 395 g/mol. The zero-order valence-electron chi connectivity index (χ0n) is 17.0. The third kappa shape index (κ3) is 3.63. The SMILES string of the molecule is COc1ccc(-c2ccnc3cc(C(=O)N4C[C@H](C)N[C@@H](C)C4)nn23)cc1OC. The number of ether oxygens (including phenoxy) is 2. The summed E-state index contributed by atoms with van der Waals surface area (Å²) in [5.41, 5.74) is 2.72. The second-order valence-corrected chi connectivity index (χ2v) is 7.38. The van der Waals surface area contributed by atoms with Crippen molar-refractivity contribution in [2.45, 2.75) is 25.9 Å². The van der Waals surface area contributed by atoms with Crippen molar-refractivity contribution in [1.29, 1.82) is 0 Å². The lowest BCUT2D eigenvalue weighted by molar-refractivity contribution is 0.0667. The lowest BCUT2D eigenvalue weighted by Gasteiger charge is -2.35. The van der Waals surface area contributed by atoms with Crippen LogP contribution in [0.5, 0.6) is 11.5 Å². The maximum absolute atomic E-state index is 13.1. The minimum atomic E-state index is -0.0750. The van der Waals surface area contributed by atoms with Crippen molar-refractivity contribution in [2.75, 3.05) is 27.3 Å². The van der Waals surface area contributed by atoms with Crippen LogP contribution in [0.4, 0.5) is 0 Å². The summed E-state index contributed by atoms with van der Waals surface area (Å²) in [6.45, 7) is 5.48. The minimum absolute atomic E-state index is 0.0750. The topological polar surface area (TPSA) is 81.0 Å². The van der Waals surface area contributed by atoms with Gasteiger partial charge in [-0.15, -0.1) is 0 Å². The number of carbonyl (C=O) groups excluding carboxylic acids is 1. The van der Waals surface area contributed by atoms with Gasteiger partial charge in [-0.3, -0.25) is 4.79 Å². The van der Waals surface area contributed by atoms with Gasteiger partial charge in [0.15, 0.2) is 22.8 Å². The van der Waals surface area contributed by atoms with Crippen LogP contribution in [0, 0.1) is 0 Å². The van der Waals surface area contributed by atoms with Crippen LogP contribution in [0.2, 0.25) is 0 Å². The molecule has 8 nitrogen and oxygen atoms in total. The first-order valence-electron chi connectivity index (χ1n) is 9.62. The van der Waals surface area contributed by atoms with Crippen molar-refractivity contribution >= 4 is 11.6 Å². The fourth-order valence-electron chi connectivity index (χ4n) is 3.87. The molecule has 1 aliphatic heterocycles. The Morgan fingerprint density at radius 1 is 1.07 bits per heavy atom. The molecule has 3 aromatic rings. The van der Waals surface area contributed by atoms with Crippen LogP contribution in [0.3, 0.4) is 0 Å². The van der Waals surface area contributed by atoms with E-state index in [0.29, 0.717) is 35.9 Å². The molecule has 4 rings (SSSR count). The van der Waals surface area contributed by atoms with E-state index in [1.165, 1.54) is 0 Å². The maximum Gasteiger partial charge on any atom is 0.274 e. The van der Waals surface area contributed by atoms with E-state index < -0.39 is 0 Å². The third-order valence-electron chi connectivity index (χ3n) is 5.10. The smallest absolute Gasteiger partial charge is 0.274 e. The Bertz CT molecular complexity index is 1040. The van der Waals surface area contributed by atoms with E-state index in [1.807, 2.05) is 29.2 Å². The number of hydrogen-bond acceptors (Lipinski definition) is 6. The molecule has 2 atom stereocenters. The second kappa shape index (κ2) is 7.71. The summed E-state index contributed by atoms with van der Waals surface area (Å²) in [5, 5.41) is 8.02. The minimum Gasteiger partial charge on any atom is -0.493 e. The van der Waals surface area contributed by atoms with Crippen molar-refractivity contribution in [1.82, 2.24) is 24.8 Å². The Morgan fingerprint density at radius 3 is 2.48 bits per heavy atom. The Hall–Kier alpha value is -3.13. The van der Waals surface area contributed by atoms with Crippen molar-refractivity contribution in [3.05, 3.63) is 42.2 Å². The summed E-state index contributed by atoms with van der Waals surface area (Å²) in [6, 6.07) is 9.77. The standard InChI is InChI=1S/C21H25N5O3/c1-13-11-25(12-14(2)23-13)21(27)16-10-20-22-8-7-17(26(20)24-16)15-5-6-18(28-3)19(9-15)29-4/h5-10,13-14,23H,11-12H2,1-4H3/t13-,14-/m0/s1. The maximum atomic E-state index is 13.1. The molecule has 3 heterocycles. The second-order valence-electron chi connectivity index (χ2n) is 7.38. The van der Waals surface area contributed by atoms with Gasteiger partial charge in [-0.1, -0.05) is 0 Å². The van der Waals surface area contributed by atoms with Crippen LogP contribution in [-0.4, -0.2) is 64.8 Å². The Labute approximate surface area is 169 Å². The number of hydrogen-bond donors (Lipinski definition) is 1. The van der Waals surface area contributed by atoms with Gasteiger partial charge in [0.25, 0.3) is 5.91 Å². The lowest BCUT2D eigenvalue weighted by atomic mass is 10.1. The van der Waals surface area contributed by atoms with Gasteiger partial charge in [-0.2, -0.15) is 5.10 Å². The normalized spacial score (nSPS) is 19.4. The fraction of sp³-hybridized carbons (Fsp3) is 0.381. The van der Waals surface area contributed by atoms with Gasteiger partial charge in [0.2, 0.25) is 0 Å². The molecule has 0 spiro atoms. The number of rotatable bonds is 4. The molecule has 0 unspecified atom stereocenters. The number of aromatic nitrogens is 3. The molecule has 1 N–H and O–H groups in total. The summed E-state index contributed by atoms with van der Waals surface area (Å²) in [6.07, 6.45) is 1.71. The number of nitrogens with zero attached hydrogens (tertiary/aromatic N) is 4. The van der Waals surface area contributed by atoms with Crippen molar-refractivity contribution in [3.63, 3.8) is 0 Å². The highest BCUT2D eigenvalue weighted by Gasteiger charge is 2.27. The molecule has 152 valence electrons. The predicted molar refractivity (Wildman–Crippen MR) is 109 cm³/mol. The number of amides is 1. The number of piperazine rings is 1. The average Bonchev–Trinajstić information content (AvgIpc) is 3.16. The molecule has 0 bridgehead atoms. The quantitative estimate of drug-likeness (QED) is 0.730. The van der Waals surface area contributed by atoms with Gasteiger partial charge < -0.3 is 19.7 Å². The van der Waals surface area contributed by atoms with Gasteiger partial charge in [0.05, 0.1) is 19.9 Å². The molecular formula is C21H25N5O3. The fourth-order valence-corrected chi connectivity index (χ4v) is 3.87. The summed E-state index contributed by atoms with van der Waals surface area (Å²) < 4.78 is 12.4. The number of methoxy groups -OCH3 is 2. The van der Waals surface area contributed by atoms with Gasteiger partial charge >= 0.3 is 0 Å². The summed E-state index contributed by atoms with van der Waals surface area (Å²) in [5.74, 6) is 1.20. The number of carbonyl (C=O) groups is 1. The van der Waals surface area contributed by atoms with Crippen LogP contribution in [0.25, 0.3) is 16.9 Å². The molecule has 1 aromatic carbocycles. The van der Waals surface area contributed by atoms with Crippen LogP contribution >= 0.6 is 0 Å². The van der Waals surface area contributed by atoms with Crippen molar-refractivity contribution in [2.24, 2.45) is 0 Å². The molecule has 0 radical (unpaired) electrons. The average molecular weight is 395 g/mol. The van der Waals surface area contributed by atoms with E-state index in [-0.39, 0.29) is 18.0 Å². The molecular weight excluding hydrogens is 370 g/mol. The Kier molecular flexibility index (Phi) is 5.10. The van der Waals surface area contributed by atoms with Gasteiger partial charge in [0, 0.05) is 43.0 Å². The van der Waals surface area contributed by atoms with Crippen LogP contribution in [0.1, 0.15) is 24.3 Å². The molecule has 1 amide bonds. The van der Waals surface area contributed by atoms with Gasteiger partial charge in [0.1, 0.15) is 0 Å². The summed E-state index contributed by atoms with van der Waals surface area (Å²) in [4.78, 5) is 19.3.